The number of hydrogen-bond acceptors (Lipinski definition) is 4. The van der Waals surface area contributed by atoms with Gasteiger partial charge in [0, 0.05) is 18.4 Å². The normalized spacial score (nSPS) is 14.4. The van der Waals surface area contributed by atoms with Crippen LogP contribution < -0.4 is 5.32 Å². The number of aromatic amines is 1. The van der Waals surface area contributed by atoms with E-state index in [0.29, 0.717) is 32.5 Å². The van der Waals surface area contributed by atoms with E-state index in [4.69, 9.17) is 4.74 Å². The number of rotatable bonds is 5. The zero-order chi connectivity index (χ0) is 15.5. The molecule has 22 heavy (non-hydrogen) atoms. The summed E-state index contributed by atoms with van der Waals surface area (Å²) >= 11 is 0. The van der Waals surface area contributed by atoms with Crippen molar-refractivity contribution in [2.24, 2.45) is 0 Å². The van der Waals surface area contributed by atoms with Crippen LogP contribution in [0.5, 0.6) is 0 Å². The highest BCUT2D eigenvalue weighted by Crippen LogP contribution is 2.24. The van der Waals surface area contributed by atoms with Crippen LogP contribution in [-0.4, -0.2) is 46.8 Å². The average molecular weight is 302 g/mol. The molecule has 1 saturated heterocycles. The zero-order valence-corrected chi connectivity index (χ0v) is 12.4. The largest absolute Gasteiger partial charge is 0.448 e. The van der Waals surface area contributed by atoms with Gasteiger partial charge in [0.1, 0.15) is 6.61 Å². The first-order chi connectivity index (χ1) is 10.6. The molecule has 1 aliphatic heterocycles. The summed E-state index contributed by atoms with van der Waals surface area (Å²) in [6.45, 7) is 3.58. The number of carbonyl (C=O) groups is 2. The Hall–Kier alpha value is -2.57. The molecule has 0 spiro atoms. The number of nitrogens with zero attached hydrogens (tertiary/aromatic N) is 2. The van der Waals surface area contributed by atoms with Crippen LogP contribution in [0.3, 0.4) is 0 Å². The molecule has 2 N–H and O–H groups in total. The third-order valence-electron chi connectivity index (χ3n) is 3.78. The number of hydrogen-bond donors (Lipinski definition) is 2. The monoisotopic (exact) mass is 302 g/mol. The van der Waals surface area contributed by atoms with Gasteiger partial charge in [-0.25, -0.2) is 4.79 Å². The quantitative estimate of drug-likeness (QED) is 0.884. The minimum Gasteiger partial charge on any atom is -0.448 e. The lowest BCUT2D eigenvalue weighted by molar-refractivity contribution is -0.116. The third-order valence-corrected chi connectivity index (χ3v) is 3.78. The van der Waals surface area contributed by atoms with E-state index in [2.05, 4.69) is 15.5 Å². The molecule has 0 aliphatic carbocycles. The Kier molecular flexibility index (Phi) is 3.95. The number of nitrogens with one attached hydrogen (secondary N) is 2. The fraction of sp³-hybridized carbons (Fsp3) is 0.400. The van der Waals surface area contributed by atoms with Crippen molar-refractivity contribution in [1.82, 2.24) is 15.1 Å². The SMILES string of the molecule is Cc1ccc(NC(=O)CCCN2CCOC2=O)c2[nH]ncc12. The van der Waals surface area contributed by atoms with E-state index in [1.807, 2.05) is 19.1 Å². The topological polar surface area (TPSA) is 87.3 Å². The van der Waals surface area contributed by atoms with Crippen LogP contribution in [0.1, 0.15) is 18.4 Å². The van der Waals surface area contributed by atoms with E-state index in [9.17, 15) is 9.59 Å². The number of fused-ring (bicyclic) bond motifs is 1. The molecule has 2 amide bonds. The molecular formula is C15H18N4O3. The van der Waals surface area contributed by atoms with Crippen molar-refractivity contribution in [3.8, 4) is 0 Å². The summed E-state index contributed by atoms with van der Waals surface area (Å²) in [5.74, 6) is -0.0766. The second-order valence-corrected chi connectivity index (χ2v) is 5.34. The molecule has 0 unspecified atom stereocenters. The fourth-order valence-electron chi connectivity index (χ4n) is 2.55. The maximum Gasteiger partial charge on any atom is 0.409 e. The maximum absolute atomic E-state index is 12.0. The Labute approximate surface area is 127 Å². The van der Waals surface area contributed by atoms with Crippen molar-refractivity contribution in [3.63, 3.8) is 0 Å². The molecule has 116 valence electrons. The minimum atomic E-state index is -0.293. The summed E-state index contributed by atoms with van der Waals surface area (Å²) < 4.78 is 4.84. The molecule has 0 radical (unpaired) electrons. The van der Waals surface area contributed by atoms with Gasteiger partial charge in [-0.3, -0.25) is 9.89 Å². The van der Waals surface area contributed by atoms with Gasteiger partial charge < -0.3 is 15.0 Å². The second-order valence-electron chi connectivity index (χ2n) is 5.34. The minimum absolute atomic E-state index is 0.0766. The van der Waals surface area contributed by atoms with E-state index in [1.165, 1.54) is 0 Å². The predicted molar refractivity (Wildman–Crippen MR) is 81.6 cm³/mol. The molecular weight excluding hydrogens is 284 g/mol. The highest BCUT2D eigenvalue weighted by Gasteiger charge is 2.21. The summed E-state index contributed by atoms with van der Waals surface area (Å²) in [5.41, 5.74) is 2.66. The molecule has 1 aliphatic rings. The lowest BCUT2D eigenvalue weighted by Gasteiger charge is -2.12. The van der Waals surface area contributed by atoms with E-state index >= 15 is 0 Å². The third kappa shape index (κ3) is 2.88. The van der Waals surface area contributed by atoms with Crippen LogP contribution in [0, 0.1) is 6.92 Å². The van der Waals surface area contributed by atoms with Crippen LogP contribution in [0.15, 0.2) is 18.3 Å². The van der Waals surface area contributed by atoms with Gasteiger partial charge >= 0.3 is 6.09 Å². The summed E-state index contributed by atoms with van der Waals surface area (Å²) in [6, 6.07) is 3.82. The van der Waals surface area contributed by atoms with Gasteiger partial charge in [0.15, 0.2) is 0 Å². The van der Waals surface area contributed by atoms with Crippen LogP contribution in [0.2, 0.25) is 0 Å². The van der Waals surface area contributed by atoms with E-state index in [1.54, 1.807) is 11.1 Å². The smallest absolute Gasteiger partial charge is 0.409 e. The first-order valence-corrected chi connectivity index (χ1v) is 7.29. The maximum atomic E-state index is 12.0. The highest BCUT2D eigenvalue weighted by atomic mass is 16.6. The Morgan fingerprint density at radius 2 is 2.36 bits per heavy atom. The number of cyclic esters (lactones) is 1. The van der Waals surface area contributed by atoms with Crippen LogP contribution in [-0.2, 0) is 9.53 Å². The molecule has 3 rings (SSSR count). The summed E-state index contributed by atoms with van der Waals surface area (Å²) in [4.78, 5) is 24.9. The van der Waals surface area contributed by atoms with E-state index in [0.717, 1.165) is 22.2 Å². The average Bonchev–Trinajstić information content (AvgIpc) is 3.12. The number of benzene rings is 1. The molecule has 7 nitrogen and oxygen atoms in total. The molecule has 2 aromatic rings. The molecule has 0 atom stereocenters. The Bertz CT molecular complexity index is 710. The second kappa shape index (κ2) is 6.05. The molecule has 0 saturated carbocycles. The predicted octanol–water partition coefficient (Wildman–Crippen LogP) is 2.04. The number of amides is 2. The van der Waals surface area contributed by atoms with Gasteiger partial charge in [-0.2, -0.15) is 5.10 Å². The number of aromatic nitrogens is 2. The number of H-pyrrole nitrogens is 1. The van der Waals surface area contributed by atoms with Gasteiger partial charge in [0.2, 0.25) is 5.91 Å². The summed E-state index contributed by atoms with van der Waals surface area (Å²) in [7, 11) is 0. The standard InChI is InChI=1S/C15H18N4O3/c1-10-4-5-12(14-11(10)9-16-18-14)17-13(20)3-2-6-19-7-8-22-15(19)21/h4-5,9H,2-3,6-8H2,1H3,(H,16,18)(H,17,20). The lowest BCUT2D eigenvalue weighted by atomic mass is 10.1. The Morgan fingerprint density at radius 3 is 3.14 bits per heavy atom. The van der Waals surface area contributed by atoms with Gasteiger partial charge in [0.05, 0.1) is 23.9 Å². The van der Waals surface area contributed by atoms with E-state index in [-0.39, 0.29) is 12.0 Å². The van der Waals surface area contributed by atoms with Crippen LogP contribution >= 0.6 is 0 Å². The summed E-state index contributed by atoms with van der Waals surface area (Å²) in [5, 5.41) is 10.8. The van der Waals surface area contributed by atoms with Crippen LogP contribution in [0.25, 0.3) is 10.9 Å². The van der Waals surface area contributed by atoms with Gasteiger partial charge in [-0.15, -0.1) is 0 Å². The first-order valence-electron chi connectivity index (χ1n) is 7.29. The highest BCUT2D eigenvalue weighted by molar-refractivity contribution is 6.01. The van der Waals surface area contributed by atoms with Crippen molar-refractivity contribution in [2.45, 2.75) is 19.8 Å². The van der Waals surface area contributed by atoms with Crippen LogP contribution in [0.4, 0.5) is 10.5 Å². The summed E-state index contributed by atoms with van der Waals surface area (Å²) in [6.07, 6.45) is 2.42. The first kappa shape index (κ1) is 14.4. The van der Waals surface area contributed by atoms with Crippen molar-refractivity contribution >= 4 is 28.6 Å². The van der Waals surface area contributed by atoms with Crippen molar-refractivity contribution in [2.75, 3.05) is 25.0 Å². The zero-order valence-electron chi connectivity index (χ0n) is 12.4. The van der Waals surface area contributed by atoms with Crippen molar-refractivity contribution in [1.29, 1.82) is 0 Å². The van der Waals surface area contributed by atoms with Crippen molar-refractivity contribution in [3.05, 3.63) is 23.9 Å². The Morgan fingerprint density at radius 1 is 1.50 bits per heavy atom. The molecule has 7 heteroatoms. The molecule has 1 aromatic carbocycles. The molecule has 1 aromatic heterocycles. The number of anilines is 1. The number of ether oxygens (including phenoxy) is 1. The van der Waals surface area contributed by atoms with E-state index < -0.39 is 0 Å². The molecule has 1 fully saturated rings. The lowest BCUT2D eigenvalue weighted by Crippen LogP contribution is -2.26. The molecule has 2 heterocycles. The fourth-order valence-corrected chi connectivity index (χ4v) is 2.55. The number of carbonyl (C=O) groups excluding carboxylic acids is 2. The van der Waals surface area contributed by atoms with Gasteiger partial charge in [0.25, 0.3) is 0 Å². The Balaban J connectivity index is 1.56. The van der Waals surface area contributed by atoms with Gasteiger partial charge in [-0.1, -0.05) is 6.07 Å². The van der Waals surface area contributed by atoms with Gasteiger partial charge in [-0.05, 0) is 25.0 Å². The molecule has 0 bridgehead atoms. The van der Waals surface area contributed by atoms with Crippen molar-refractivity contribution < 1.29 is 14.3 Å². The number of aryl methyl sites for hydroxylation is 1.